The molecule has 1 saturated heterocycles. The lowest BCUT2D eigenvalue weighted by atomic mass is 10.2. The van der Waals surface area contributed by atoms with E-state index in [2.05, 4.69) is 5.16 Å². The molecule has 0 spiro atoms. The summed E-state index contributed by atoms with van der Waals surface area (Å²) in [4.78, 5) is 24.6. The molecule has 1 aromatic heterocycles. The zero-order valence-corrected chi connectivity index (χ0v) is 14.5. The molecule has 2 aromatic rings. The summed E-state index contributed by atoms with van der Waals surface area (Å²) in [6, 6.07) is 5.77. The summed E-state index contributed by atoms with van der Waals surface area (Å²) in [5, 5.41) is 14.6. The first-order valence-electron chi connectivity index (χ1n) is 7.75. The summed E-state index contributed by atoms with van der Waals surface area (Å²) in [6.07, 6.45) is 0. The molecule has 3 rings (SSSR count). The number of nitro benzene ring substituents is 1. The van der Waals surface area contributed by atoms with Crippen LogP contribution < -0.4 is 4.74 Å². The number of benzene rings is 1. The van der Waals surface area contributed by atoms with Gasteiger partial charge < -0.3 is 14.2 Å². The number of hydrogen-bond donors (Lipinski definition) is 0. The third-order valence-electron chi connectivity index (χ3n) is 3.92. The highest BCUT2D eigenvalue weighted by molar-refractivity contribution is 7.99. The molecular weight excluding hydrogens is 346 g/mol. The van der Waals surface area contributed by atoms with Crippen molar-refractivity contribution in [3.8, 4) is 5.75 Å². The van der Waals surface area contributed by atoms with Gasteiger partial charge in [-0.15, -0.1) is 0 Å². The fraction of sp³-hybridized carbons (Fsp3) is 0.375. The number of carbonyl (C=O) groups excluding carboxylic acids is 1. The molecule has 0 unspecified atom stereocenters. The van der Waals surface area contributed by atoms with E-state index in [0.717, 1.165) is 11.5 Å². The van der Waals surface area contributed by atoms with Crippen LogP contribution in [0, 0.1) is 17.0 Å². The minimum atomic E-state index is -0.471. The zero-order valence-electron chi connectivity index (χ0n) is 13.6. The minimum absolute atomic E-state index is 0.00709. The highest BCUT2D eigenvalue weighted by Gasteiger charge is 2.26. The molecule has 1 aliphatic heterocycles. The minimum Gasteiger partial charge on any atom is -0.489 e. The molecule has 0 bridgehead atoms. The van der Waals surface area contributed by atoms with Crippen molar-refractivity contribution < 1.29 is 19.0 Å². The van der Waals surface area contributed by atoms with Crippen molar-refractivity contribution in [1.29, 1.82) is 0 Å². The number of non-ortho nitro benzene ring substituents is 1. The molecule has 0 radical (unpaired) electrons. The molecule has 132 valence electrons. The van der Waals surface area contributed by atoms with E-state index in [-0.39, 0.29) is 23.9 Å². The summed E-state index contributed by atoms with van der Waals surface area (Å²) in [7, 11) is 0. The van der Waals surface area contributed by atoms with Crippen LogP contribution in [-0.4, -0.2) is 45.5 Å². The van der Waals surface area contributed by atoms with Crippen molar-refractivity contribution in [1.82, 2.24) is 10.1 Å². The van der Waals surface area contributed by atoms with Gasteiger partial charge in [0, 0.05) is 36.7 Å². The number of nitro groups is 1. The average Bonchev–Trinajstić information content (AvgIpc) is 3.01. The Morgan fingerprint density at radius 3 is 2.68 bits per heavy atom. The monoisotopic (exact) mass is 363 g/mol. The van der Waals surface area contributed by atoms with Crippen LogP contribution in [-0.2, 0) is 6.61 Å². The molecule has 1 fully saturated rings. The number of nitrogens with zero attached hydrogens (tertiary/aromatic N) is 3. The molecule has 1 aromatic carbocycles. The van der Waals surface area contributed by atoms with Crippen LogP contribution in [0.15, 0.2) is 28.8 Å². The SMILES string of the molecule is Cc1onc(C(=O)N2CCSCC2)c1COc1ccc([N+](=O)[O-])cc1. The van der Waals surface area contributed by atoms with Gasteiger partial charge >= 0.3 is 0 Å². The highest BCUT2D eigenvalue weighted by Crippen LogP contribution is 2.22. The third kappa shape index (κ3) is 3.93. The fourth-order valence-electron chi connectivity index (χ4n) is 2.46. The van der Waals surface area contributed by atoms with Gasteiger partial charge in [0.15, 0.2) is 5.69 Å². The van der Waals surface area contributed by atoms with E-state index < -0.39 is 4.92 Å². The molecule has 2 heterocycles. The normalized spacial score (nSPS) is 14.4. The third-order valence-corrected chi connectivity index (χ3v) is 4.86. The van der Waals surface area contributed by atoms with Gasteiger partial charge in [-0.25, -0.2) is 0 Å². The second kappa shape index (κ2) is 7.56. The lowest BCUT2D eigenvalue weighted by molar-refractivity contribution is -0.384. The van der Waals surface area contributed by atoms with E-state index in [9.17, 15) is 14.9 Å². The van der Waals surface area contributed by atoms with Gasteiger partial charge in [0.05, 0.1) is 10.5 Å². The number of thioether (sulfide) groups is 1. The van der Waals surface area contributed by atoms with Crippen LogP contribution in [0.1, 0.15) is 21.8 Å². The van der Waals surface area contributed by atoms with Gasteiger partial charge in [-0.3, -0.25) is 14.9 Å². The molecule has 1 aliphatic rings. The quantitative estimate of drug-likeness (QED) is 0.595. The molecule has 9 heteroatoms. The fourth-order valence-corrected chi connectivity index (χ4v) is 3.37. The second-order valence-electron chi connectivity index (χ2n) is 5.51. The summed E-state index contributed by atoms with van der Waals surface area (Å²) in [5.41, 5.74) is 0.861. The zero-order chi connectivity index (χ0) is 17.8. The van der Waals surface area contributed by atoms with E-state index in [1.807, 2.05) is 11.8 Å². The number of hydrogen-bond acceptors (Lipinski definition) is 7. The number of ether oxygens (including phenoxy) is 1. The Morgan fingerprint density at radius 1 is 1.36 bits per heavy atom. The van der Waals surface area contributed by atoms with Gasteiger partial charge in [0.1, 0.15) is 18.1 Å². The van der Waals surface area contributed by atoms with Crippen molar-refractivity contribution in [3.63, 3.8) is 0 Å². The number of aromatic nitrogens is 1. The van der Waals surface area contributed by atoms with Crippen LogP contribution in [0.5, 0.6) is 5.75 Å². The van der Waals surface area contributed by atoms with Gasteiger partial charge in [-0.1, -0.05) is 5.16 Å². The number of carbonyl (C=O) groups is 1. The van der Waals surface area contributed by atoms with Crippen molar-refractivity contribution in [3.05, 3.63) is 51.4 Å². The molecule has 25 heavy (non-hydrogen) atoms. The number of aryl methyl sites for hydroxylation is 1. The van der Waals surface area contributed by atoms with Crippen LogP contribution in [0.25, 0.3) is 0 Å². The largest absolute Gasteiger partial charge is 0.489 e. The van der Waals surface area contributed by atoms with Gasteiger partial charge in [0.2, 0.25) is 0 Å². The van der Waals surface area contributed by atoms with Crippen LogP contribution in [0.2, 0.25) is 0 Å². The lowest BCUT2D eigenvalue weighted by Crippen LogP contribution is -2.38. The first-order valence-corrected chi connectivity index (χ1v) is 8.91. The summed E-state index contributed by atoms with van der Waals surface area (Å²) >= 11 is 1.82. The smallest absolute Gasteiger partial charge is 0.276 e. The summed E-state index contributed by atoms with van der Waals surface area (Å²) in [5.74, 6) is 2.67. The predicted molar refractivity (Wildman–Crippen MR) is 91.9 cm³/mol. The Labute approximate surface area is 148 Å². The lowest BCUT2D eigenvalue weighted by Gasteiger charge is -2.25. The molecule has 0 saturated carbocycles. The molecule has 8 nitrogen and oxygen atoms in total. The van der Waals surface area contributed by atoms with Crippen molar-refractivity contribution in [2.24, 2.45) is 0 Å². The van der Waals surface area contributed by atoms with Crippen molar-refractivity contribution >= 4 is 23.4 Å². The van der Waals surface area contributed by atoms with E-state index >= 15 is 0 Å². The van der Waals surface area contributed by atoms with E-state index in [1.54, 1.807) is 11.8 Å². The van der Waals surface area contributed by atoms with Gasteiger partial charge in [0.25, 0.3) is 11.6 Å². The predicted octanol–water partition coefficient (Wildman–Crippen LogP) is 2.66. The standard InChI is InChI=1S/C16H17N3O5S/c1-11-14(10-23-13-4-2-12(3-5-13)19(21)22)15(17-24-11)16(20)18-6-8-25-9-7-18/h2-5H,6-10H2,1H3. The van der Waals surface area contributed by atoms with E-state index in [1.165, 1.54) is 24.3 Å². The molecule has 0 atom stereocenters. The summed E-state index contributed by atoms with van der Waals surface area (Å²) in [6.45, 7) is 3.22. The Hall–Kier alpha value is -2.55. The Kier molecular flexibility index (Phi) is 5.22. The average molecular weight is 363 g/mol. The topological polar surface area (TPSA) is 98.7 Å². The van der Waals surface area contributed by atoms with E-state index in [0.29, 0.717) is 30.2 Å². The Morgan fingerprint density at radius 2 is 2.04 bits per heavy atom. The first-order chi connectivity index (χ1) is 12.1. The van der Waals surface area contributed by atoms with Crippen molar-refractivity contribution in [2.75, 3.05) is 24.6 Å². The number of amides is 1. The highest BCUT2D eigenvalue weighted by atomic mass is 32.2. The molecule has 1 amide bonds. The second-order valence-corrected chi connectivity index (χ2v) is 6.73. The van der Waals surface area contributed by atoms with Gasteiger partial charge in [-0.05, 0) is 19.1 Å². The van der Waals surface area contributed by atoms with Gasteiger partial charge in [-0.2, -0.15) is 11.8 Å². The molecular formula is C16H17N3O5S. The Balaban J connectivity index is 1.71. The van der Waals surface area contributed by atoms with Crippen molar-refractivity contribution in [2.45, 2.75) is 13.5 Å². The maximum absolute atomic E-state index is 12.6. The van der Waals surface area contributed by atoms with E-state index in [4.69, 9.17) is 9.26 Å². The first kappa shape index (κ1) is 17.3. The molecule has 0 N–H and O–H groups in total. The van der Waals surface area contributed by atoms with Crippen LogP contribution in [0.4, 0.5) is 5.69 Å². The molecule has 0 aliphatic carbocycles. The summed E-state index contributed by atoms with van der Waals surface area (Å²) < 4.78 is 10.8. The van der Waals surface area contributed by atoms with Crippen LogP contribution >= 0.6 is 11.8 Å². The maximum Gasteiger partial charge on any atom is 0.276 e. The Bertz CT molecular complexity index is 769. The number of rotatable bonds is 5. The van der Waals surface area contributed by atoms with Crippen LogP contribution in [0.3, 0.4) is 0 Å². The maximum atomic E-state index is 12.6.